The molecule has 0 bridgehead atoms. The molecule has 1 atom stereocenters. The second-order valence-corrected chi connectivity index (χ2v) is 7.35. The lowest BCUT2D eigenvalue weighted by Crippen LogP contribution is -2.48. The summed E-state index contributed by atoms with van der Waals surface area (Å²) in [6.07, 6.45) is 6.55. The van der Waals surface area contributed by atoms with Gasteiger partial charge in [0.05, 0.1) is 6.54 Å². The number of nitrogens with one attached hydrogen (secondary N) is 2. The van der Waals surface area contributed by atoms with Gasteiger partial charge in [-0.1, -0.05) is 62.9 Å². The fraction of sp³-hybridized carbons (Fsp3) is 0.571. The molecule has 1 aliphatic carbocycles. The average molecular weight is 374 g/mol. The van der Waals surface area contributed by atoms with Crippen LogP contribution in [0.1, 0.15) is 57.4 Å². The van der Waals surface area contributed by atoms with E-state index in [9.17, 15) is 19.5 Å². The topological polar surface area (TPSA) is 95.5 Å². The van der Waals surface area contributed by atoms with E-state index in [0.29, 0.717) is 24.3 Å². The highest BCUT2D eigenvalue weighted by atomic mass is 16.4. The van der Waals surface area contributed by atoms with Crippen molar-refractivity contribution < 1.29 is 19.5 Å². The first kappa shape index (κ1) is 20.9. The third-order valence-electron chi connectivity index (χ3n) is 5.63. The van der Waals surface area contributed by atoms with Crippen molar-refractivity contribution in [2.45, 2.75) is 57.3 Å². The van der Waals surface area contributed by atoms with Gasteiger partial charge < -0.3 is 15.7 Å². The molecule has 0 aromatic heterocycles. The molecule has 148 valence electrons. The van der Waals surface area contributed by atoms with Crippen molar-refractivity contribution in [1.82, 2.24) is 10.6 Å². The Labute approximate surface area is 160 Å². The van der Waals surface area contributed by atoms with Crippen LogP contribution in [0.25, 0.3) is 0 Å². The molecule has 3 N–H and O–H groups in total. The van der Waals surface area contributed by atoms with E-state index in [4.69, 9.17) is 0 Å². The summed E-state index contributed by atoms with van der Waals surface area (Å²) >= 11 is 0. The summed E-state index contributed by atoms with van der Waals surface area (Å²) < 4.78 is 0. The standard InChI is InChI=1S/C21H30N2O4/c1-2-21(20(26)27,17-10-4-3-5-11-17)15-23-19(25)14-22-18(24)13-12-16-8-6-7-9-16/h3-5,10-11,16H,2,6-9,12-15H2,1H3,(H,22,24)(H,23,25)(H,26,27). The van der Waals surface area contributed by atoms with Crippen LogP contribution in [-0.4, -0.2) is 36.0 Å². The highest BCUT2D eigenvalue weighted by molar-refractivity contribution is 5.86. The Morgan fingerprint density at radius 3 is 2.33 bits per heavy atom. The van der Waals surface area contributed by atoms with Crippen molar-refractivity contribution in [3.05, 3.63) is 35.9 Å². The predicted octanol–water partition coefficient (Wildman–Crippen LogP) is 2.62. The molecule has 1 aromatic carbocycles. The van der Waals surface area contributed by atoms with Crippen LogP contribution >= 0.6 is 0 Å². The zero-order valence-electron chi connectivity index (χ0n) is 16.0. The molecule has 27 heavy (non-hydrogen) atoms. The maximum atomic E-state index is 12.1. The lowest BCUT2D eigenvalue weighted by molar-refractivity contribution is -0.144. The van der Waals surface area contributed by atoms with Gasteiger partial charge in [0.25, 0.3) is 0 Å². The summed E-state index contributed by atoms with van der Waals surface area (Å²) in [5.41, 5.74) is -0.524. The van der Waals surface area contributed by atoms with Crippen molar-refractivity contribution in [3.63, 3.8) is 0 Å². The van der Waals surface area contributed by atoms with Gasteiger partial charge in [0.15, 0.2) is 0 Å². The summed E-state index contributed by atoms with van der Waals surface area (Å²) in [6, 6.07) is 8.92. The number of rotatable bonds is 10. The smallest absolute Gasteiger partial charge is 0.315 e. The van der Waals surface area contributed by atoms with Crippen LogP contribution in [0.3, 0.4) is 0 Å². The van der Waals surface area contributed by atoms with Gasteiger partial charge in [0, 0.05) is 13.0 Å². The second-order valence-electron chi connectivity index (χ2n) is 7.35. The number of hydrogen-bond acceptors (Lipinski definition) is 3. The van der Waals surface area contributed by atoms with Crippen LogP contribution in [0, 0.1) is 5.92 Å². The molecular formula is C21H30N2O4. The van der Waals surface area contributed by atoms with Gasteiger partial charge in [-0.05, 0) is 24.3 Å². The van der Waals surface area contributed by atoms with Crippen LogP contribution in [-0.2, 0) is 19.8 Å². The number of carbonyl (C=O) groups excluding carboxylic acids is 2. The van der Waals surface area contributed by atoms with E-state index in [1.165, 1.54) is 25.7 Å². The zero-order valence-corrected chi connectivity index (χ0v) is 16.0. The van der Waals surface area contributed by atoms with Gasteiger partial charge >= 0.3 is 5.97 Å². The maximum Gasteiger partial charge on any atom is 0.315 e. The van der Waals surface area contributed by atoms with Crippen LogP contribution < -0.4 is 10.6 Å². The zero-order chi connectivity index (χ0) is 19.7. The van der Waals surface area contributed by atoms with Crippen molar-refractivity contribution in [2.24, 2.45) is 5.92 Å². The number of aliphatic carboxylic acids is 1. The summed E-state index contributed by atoms with van der Waals surface area (Å²) in [6.45, 7) is 1.65. The van der Waals surface area contributed by atoms with Crippen molar-refractivity contribution in [3.8, 4) is 0 Å². The molecule has 6 nitrogen and oxygen atoms in total. The van der Waals surface area contributed by atoms with E-state index in [1.807, 2.05) is 6.07 Å². The summed E-state index contributed by atoms with van der Waals surface area (Å²) in [4.78, 5) is 35.9. The Bertz CT molecular complexity index is 641. The largest absolute Gasteiger partial charge is 0.481 e. The van der Waals surface area contributed by atoms with Gasteiger partial charge in [-0.15, -0.1) is 0 Å². The molecule has 0 heterocycles. The molecule has 1 saturated carbocycles. The first-order valence-corrected chi connectivity index (χ1v) is 9.80. The Balaban J connectivity index is 1.81. The first-order chi connectivity index (χ1) is 13.0. The van der Waals surface area contributed by atoms with Crippen LogP contribution in [0.15, 0.2) is 30.3 Å². The molecule has 2 rings (SSSR count). The Morgan fingerprint density at radius 1 is 1.07 bits per heavy atom. The minimum absolute atomic E-state index is 0.0143. The van der Waals surface area contributed by atoms with Gasteiger partial charge in [-0.25, -0.2) is 0 Å². The van der Waals surface area contributed by atoms with E-state index in [-0.39, 0.29) is 24.9 Å². The molecule has 2 amide bonds. The fourth-order valence-corrected chi connectivity index (χ4v) is 3.75. The number of carboxylic acids is 1. The van der Waals surface area contributed by atoms with Crippen molar-refractivity contribution >= 4 is 17.8 Å². The van der Waals surface area contributed by atoms with Gasteiger partial charge in [0.1, 0.15) is 5.41 Å². The number of hydrogen-bond donors (Lipinski definition) is 3. The molecule has 0 radical (unpaired) electrons. The van der Waals surface area contributed by atoms with Crippen LogP contribution in [0.4, 0.5) is 0 Å². The Kier molecular flexibility index (Phi) is 7.82. The third kappa shape index (κ3) is 5.81. The van der Waals surface area contributed by atoms with E-state index >= 15 is 0 Å². The van der Waals surface area contributed by atoms with Gasteiger partial charge in [-0.3, -0.25) is 14.4 Å². The molecule has 0 saturated heterocycles. The molecule has 1 fully saturated rings. The molecule has 1 unspecified atom stereocenters. The maximum absolute atomic E-state index is 12.1. The van der Waals surface area contributed by atoms with Gasteiger partial charge in [0.2, 0.25) is 11.8 Å². The Hall–Kier alpha value is -2.37. The number of carbonyl (C=O) groups is 3. The normalized spacial score (nSPS) is 16.5. The van der Waals surface area contributed by atoms with Crippen molar-refractivity contribution in [2.75, 3.05) is 13.1 Å². The molecular weight excluding hydrogens is 344 g/mol. The van der Waals surface area contributed by atoms with Crippen LogP contribution in [0.5, 0.6) is 0 Å². The number of carboxylic acid groups (broad SMARTS) is 1. The molecule has 0 aliphatic heterocycles. The van der Waals surface area contributed by atoms with Crippen molar-refractivity contribution in [1.29, 1.82) is 0 Å². The minimum atomic E-state index is -1.18. The van der Waals surface area contributed by atoms with E-state index in [2.05, 4.69) is 10.6 Å². The average Bonchev–Trinajstić information content (AvgIpc) is 3.20. The highest BCUT2D eigenvalue weighted by Crippen LogP contribution is 2.29. The quantitative estimate of drug-likeness (QED) is 0.587. The first-order valence-electron chi connectivity index (χ1n) is 9.80. The lowest BCUT2D eigenvalue weighted by Gasteiger charge is -2.29. The van der Waals surface area contributed by atoms with Crippen LogP contribution in [0.2, 0.25) is 0 Å². The molecule has 0 spiro atoms. The number of benzene rings is 1. The second kappa shape index (κ2) is 10.1. The monoisotopic (exact) mass is 374 g/mol. The van der Waals surface area contributed by atoms with Gasteiger partial charge in [-0.2, -0.15) is 0 Å². The Morgan fingerprint density at radius 2 is 1.74 bits per heavy atom. The van der Waals surface area contributed by atoms with E-state index in [1.54, 1.807) is 31.2 Å². The lowest BCUT2D eigenvalue weighted by atomic mass is 9.78. The summed E-state index contributed by atoms with van der Waals surface area (Å²) in [5, 5.41) is 15.1. The number of amides is 2. The fourth-order valence-electron chi connectivity index (χ4n) is 3.75. The molecule has 1 aromatic rings. The SMILES string of the molecule is CCC(CNC(=O)CNC(=O)CCC1CCCC1)(C(=O)O)c1ccccc1. The van der Waals surface area contributed by atoms with E-state index in [0.717, 1.165) is 6.42 Å². The predicted molar refractivity (Wildman–Crippen MR) is 103 cm³/mol. The van der Waals surface area contributed by atoms with E-state index < -0.39 is 11.4 Å². The molecule has 6 heteroatoms. The minimum Gasteiger partial charge on any atom is -0.481 e. The highest BCUT2D eigenvalue weighted by Gasteiger charge is 2.38. The molecule has 1 aliphatic rings. The summed E-state index contributed by atoms with van der Waals surface area (Å²) in [7, 11) is 0. The summed E-state index contributed by atoms with van der Waals surface area (Å²) in [5.74, 6) is -0.840. The third-order valence-corrected chi connectivity index (χ3v) is 5.63.